The fraction of sp³-hybridized carbons (Fsp3) is 0.875. The number of esters is 1. The summed E-state index contributed by atoms with van der Waals surface area (Å²) < 4.78 is 10.0. The van der Waals surface area contributed by atoms with Gasteiger partial charge in [0.1, 0.15) is 11.3 Å². The van der Waals surface area contributed by atoms with Crippen LogP contribution in [0.4, 0.5) is 0 Å². The van der Waals surface area contributed by atoms with Crippen molar-refractivity contribution >= 4 is 5.97 Å². The van der Waals surface area contributed by atoms with Gasteiger partial charge in [-0.3, -0.25) is 5.32 Å². The fourth-order valence-electron chi connectivity index (χ4n) is 1.83. The van der Waals surface area contributed by atoms with Crippen molar-refractivity contribution in [3.8, 4) is 0 Å². The summed E-state index contributed by atoms with van der Waals surface area (Å²) in [4.78, 5) is 11.4. The Balaban J connectivity index is 2.20. The van der Waals surface area contributed by atoms with E-state index in [4.69, 9.17) is 9.84 Å². The average Bonchev–Trinajstić information content (AvgIpc) is 2.38. The number of rotatable bonds is 0. The summed E-state index contributed by atoms with van der Waals surface area (Å²) in [6, 6.07) is 0. The second-order valence-electron chi connectivity index (χ2n) is 4.07. The van der Waals surface area contributed by atoms with Crippen LogP contribution in [0, 0.1) is 0 Å². The SMILES string of the molecule is CC1(C)NC2(CO1)CC(O)OC2=O. The van der Waals surface area contributed by atoms with Gasteiger partial charge in [0, 0.05) is 6.42 Å². The van der Waals surface area contributed by atoms with Crippen molar-refractivity contribution in [2.75, 3.05) is 6.61 Å². The minimum absolute atomic E-state index is 0.259. The lowest BCUT2D eigenvalue weighted by Crippen LogP contribution is -2.52. The molecule has 0 aromatic heterocycles. The van der Waals surface area contributed by atoms with Crippen LogP contribution in [0.3, 0.4) is 0 Å². The van der Waals surface area contributed by atoms with Crippen LogP contribution in [0.15, 0.2) is 0 Å². The Morgan fingerprint density at radius 2 is 2.31 bits per heavy atom. The minimum atomic E-state index is -1.00. The summed E-state index contributed by atoms with van der Waals surface area (Å²) >= 11 is 0. The molecule has 74 valence electrons. The zero-order valence-corrected chi connectivity index (χ0v) is 7.66. The summed E-state index contributed by atoms with van der Waals surface area (Å²) in [6.07, 6.45) is -0.743. The second-order valence-corrected chi connectivity index (χ2v) is 4.07. The number of aliphatic hydroxyl groups is 1. The van der Waals surface area contributed by atoms with E-state index >= 15 is 0 Å². The Labute approximate surface area is 76.0 Å². The lowest BCUT2D eigenvalue weighted by Gasteiger charge is -2.21. The van der Waals surface area contributed by atoms with Crippen molar-refractivity contribution in [2.45, 2.75) is 37.8 Å². The van der Waals surface area contributed by atoms with Crippen LogP contribution < -0.4 is 5.32 Å². The molecule has 2 fully saturated rings. The Hall–Kier alpha value is -0.650. The molecule has 0 aromatic carbocycles. The number of carbonyl (C=O) groups excluding carboxylic acids is 1. The molecule has 0 saturated carbocycles. The molecule has 13 heavy (non-hydrogen) atoms. The third-order valence-corrected chi connectivity index (χ3v) is 2.38. The number of cyclic esters (lactones) is 1. The van der Waals surface area contributed by atoms with E-state index < -0.39 is 23.5 Å². The topological polar surface area (TPSA) is 67.8 Å². The van der Waals surface area contributed by atoms with Gasteiger partial charge in [0.2, 0.25) is 6.29 Å². The van der Waals surface area contributed by atoms with E-state index in [0.29, 0.717) is 0 Å². The number of hydrogen-bond donors (Lipinski definition) is 2. The predicted molar refractivity (Wildman–Crippen MR) is 42.6 cm³/mol. The zero-order chi connectivity index (χ0) is 9.69. The Bertz CT molecular complexity index is 253. The maximum atomic E-state index is 11.4. The van der Waals surface area contributed by atoms with Crippen molar-refractivity contribution in [3.63, 3.8) is 0 Å². The number of hydrogen-bond acceptors (Lipinski definition) is 5. The van der Waals surface area contributed by atoms with Gasteiger partial charge in [-0.2, -0.15) is 0 Å². The van der Waals surface area contributed by atoms with Gasteiger partial charge in [0.05, 0.1) is 6.61 Å². The standard InChI is InChI=1S/C8H13NO4/c1-7(2)9-8(4-12-7)3-5(10)13-6(8)11/h5,9-10H,3-4H2,1-2H3. The number of aliphatic hydroxyl groups excluding tert-OH is 1. The number of nitrogens with one attached hydrogen (secondary N) is 1. The molecule has 0 aromatic rings. The van der Waals surface area contributed by atoms with E-state index in [0.717, 1.165) is 0 Å². The summed E-state index contributed by atoms with van der Waals surface area (Å²) in [7, 11) is 0. The Morgan fingerprint density at radius 3 is 2.69 bits per heavy atom. The van der Waals surface area contributed by atoms with Gasteiger partial charge in [-0.25, -0.2) is 4.79 Å². The van der Waals surface area contributed by atoms with Gasteiger partial charge < -0.3 is 14.6 Å². The molecule has 0 aliphatic carbocycles. The van der Waals surface area contributed by atoms with Crippen LogP contribution in [0.1, 0.15) is 20.3 Å². The third-order valence-electron chi connectivity index (χ3n) is 2.38. The zero-order valence-electron chi connectivity index (χ0n) is 7.66. The molecule has 2 rings (SSSR count). The quantitative estimate of drug-likeness (QED) is 0.493. The molecule has 2 saturated heterocycles. The molecular weight excluding hydrogens is 174 g/mol. The highest BCUT2D eigenvalue weighted by atomic mass is 16.6. The largest absolute Gasteiger partial charge is 0.434 e. The lowest BCUT2D eigenvalue weighted by atomic mass is 9.99. The second kappa shape index (κ2) is 2.43. The number of ether oxygens (including phenoxy) is 2. The van der Waals surface area contributed by atoms with Crippen LogP contribution in [-0.2, 0) is 14.3 Å². The first kappa shape index (κ1) is 8.93. The van der Waals surface area contributed by atoms with Gasteiger partial charge in [0.15, 0.2) is 0 Å². The molecule has 2 unspecified atom stereocenters. The summed E-state index contributed by atoms with van der Waals surface area (Å²) in [5.41, 5.74) is -1.36. The molecule has 0 radical (unpaired) electrons. The van der Waals surface area contributed by atoms with Crippen molar-refractivity contribution in [1.29, 1.82) is 0 Å². The van der Waals surface area contributed by atoms with E-state index in [-0.39, 0.29) is 13.0 Å². The normalized spacial score (nSPS) is 42.7. The smallest absolute Gasteiger partial charge is 0.331 e. The third kappa shape index (κ3) is 1.33. The predicted octanol–water partition coefficient (Wildman–Crippen LogP) is -0.654. The van der Waals surface area contributed by atoms with Crippen LogP contribution in [0.5, 0.6) is 0 Å². The fourth-order valence-corrected chi connectivity index (χ4v) is 1.83. The highest BCUT2D eigenvalue weighted by Gasteiger charge is 2.56. The molecule has 0 amide bonds. The van der Waals surface area contributed by atoms with Crippen molar-refractivity contribution < 1.29 is 19.4 Å². The highest BCUT2D eigenvalue weighted by Crippen LogP contribution is 2.33. The minimum Gasteiger partial charge on any atom is -0.434 e. The van der Waals surface area contributed by atoms with Gasteiger partial charge in [0.25, 0.3) is 0 Å². The Morgan fingerprint density at radius 1 is 1.62 bits per heavy atom. The van der Waals surface area contributed by atoms with Crippen molar-refractivity contribution in [3.05, 3.63) is 0 Å². The molecule has 2 N–H and O–H groups in total. The maximum Gasteiger partial charge on any atom is 0.331 e. The molecule has 2 atom stereocenters. The highest BCUT2D eigenvalue weighted by molar-refractivity contribution is 5.83. The molecular formula is C8H13NO4. The van der Waals surface area contributed by atoms with E-state index in [1.807, 2.05) is 13.8 Å². The van der Waals surface area contributed by atoms with Gasteiger partial charge in [-0.15, -0.1) is 0 Å². The lowest BCUT2D eigenvalue weighted by molar-refractivity contribution is -0.156. The van der Waals surface area contributed by atoms with E-state index in [9.17, 15) is 4.79 Å². The Kier molecular flexibility index (Phi) is 1.67. The summed E-state index contributed by atoms with van der Waals surface area (Å²) in [6.45, 7) is 3.93. The molecule has 2 aliphatic heterocycles. The number of carbonyl (C=O) groups is 1. The molecule has 5 heteroatoms. The van der Waals surface area contributed by atoms with Crippen LogP contribution in [0.25, 0.3) is 0 Å². The van der Waals surface area contributed by atoms with E-state index in [2.05, 4.69) is 10.1 Å². The molecule has 5 nitrogen and oxygen atoms in total. The first-order valence-corrected chi connectivity index (χ1v) is 4.26. The van der Waals surface area contributed by atoms with E-state index in [1.165, 1.54) is 0 Å². The van der Waals surface area contributed by atoms with Crippen molar-refractivity contribution in [1.82, 2.24) is 5.32 Å². The first-order chi connectivity index (χ1) is 5.94. The molecule has 0 bridgehead atoms. The van der Waals surface area contributed by atoms with Gasteiger partial charge in [-0.1, -0.05) is 0 Å². The van der Waals surface area contributed by atoms with Crippen LogP contribution in [-0.4, -0.2) is 35.2 Å². The van der Waals surface area contributed by atoms with Gasteiger partial charge >= 0.3 is 5.97 Å². The maximum absolute atomic E-state index is 11.4. The molecule has 2 heterocycles. The average molecular weight is 187 g/mol. The van der Waals surface area contributed by atoms with E-state index in [1.54, 1.807) is 0 Å². The van der Waals surface area contributed by atoms with Gasteiger partial charge in [-0.05, 0) is 13.8 Å². The molecule has 2 aliphatic rings. The summed E-state index contributed by atoms with van der Waals surface area (Å²) in [5, 5.41) is 12.2. The summed E-state index contributed by atoms with van der Waals surface area (Å²) in [5.74, 6) is -0.425. The molecule has 1 spiro atoms. The van der Waals surface area contributed by atoms with Crippen LogP contribution in [0.2, 0.25) is 0 Å². The van der Waals surface area contributed by atoms with Crippen molar-refractivity contribution in [2.24, 2.45) is 0 Å². The van der Waals surface area contributed by atoms with Crippen LogP contribution >= 0.6 is 0 Å². The first-order valence-electron chi connectivity index (χ1n) is 4.26. The monoisotopic (exact) mass is 187 g/mol.